The molecular weight excluding hydrogens is 262 g/mol. The maximum Gasteiger partial charge on any atom is 0.227 e. The summed E-state index contributed by atoms with van der Waals surface area (Å²) in [5.41, 5.74) is 2.15. The second-order valence-electron chi connectivity index (χ2n) is 6.45. The third kappa shape index (κ3) is 3.56. The van der Waals surface area contributed by atoms with Crippen molar-refractivity contribution in [2.45, 2.75) is 19.8 Å². The van der Waals surface area contributed by atoms with Crippen molar-refractivity contribution >= 4 is 17.3 Å². The van der Waals surface area contributed by atoms with E-state index in [-0.39, 0.29) is 11.8 Å². The average Bonchev–Trinajstić information content (AvgIpc) is 3.33. The minimum atomic E-state index is 0.141. The predicted octanol–water partition coefficient (Wildman–Crippen LogP) is 2.42. The summed E-state index contributed by atoms with van der Waals surface area (Å²) in [7, 11) is 2.16. The fourth-order valence-electron chi connectivity index (χ4n) is 2.89. The van der Waals surface area contributed by atoms with Gasteiger partial charge in [-0.2, -0.15) is 0 Å². The van der Waals surface area contributed by atoms with E-state index < -0.39 is 0 Å². The molecule has 1 aromatic rings. The zero-order valence-corrected chi connectivity index (χ0v) is 13.0. The lowest BCUT2D eigenvalue weighted by Gasteiger charge is -2.34. The zero-order valence-electron chi connectivity index (χ0n) is 13.0. The maximum absolute atomic E-state index is 12.1. The van der Waals surface area contributed by atoms with E-state index in [1.165, 1.54) is 18.5 Å². The van der Waals surface area contributed by atoms with Gasteiger partial charge in [-0.3, -0.25) is 4.79 Å². The van der Waals surface area contributed by atoms with Gasteiger partial charge in [0.15, 0.2) is 0 Å². The van der Waals surface area contributed by atoms with E-state index in [9.17, 15) is 4.79 Å². The number of hydrogen-bond donors (Lipinski definition) is 1. The number of amides is 1. The van der Waals surface area contributed by atoms with Crippen molar-refractivity contribution in [1.29, 1.82) is 0 Å². The van der Waals surface area contributed by atoms with Gasteiger partial charge in [0.25, 0.3) is 0 Å². The molecule has 1 amide bonds. The van der Waals surface area contributed by atoms with Gasteiger partial charge in [0.1, 0.15) is 0 Å². The van der Waals surface area contributed by atoms with Gasteiger partial charge in [-0.25, -0.2) is 0 Å². The highest BCUT2D eigenvalue weighted by molar-refractivity contribution is 5.92. The molecule has 1 saturated heterocycles. The van der Waals surface area contributed by atoms with E-state index in [1.54, 1.807) is 0 Å². The van der Waals surface area contributed by atoms with Crippen LogP contribution in [0.3, 0.4) is 0 Å². The fourth-order valence-corrected chi connectivity index (χ4v) is 2.89. The second kappa shape index (κ2) is 6.06. The molecule has 1 saturated carbocycles. The molecule has 0 bridgehead atoms. The van der Waals surface area contributed by atoms with Gasteiger partial charge in [-0.05, 0) is 50.1 Å². The Morgan fingerprint density at radius 3 is 2.33 bits per heavy atom. The maximum atomic E-state index is 12.1. The van der Waals surface area contributed by atoms with Crippen LogP contribution < -0.4 is 10.2 Å². The molecule has 1 heterocycles. The monoisotopic (exact) mass is 287 g/mol. The van der Waals surface area contributed by atoms with Gasteiger partial charge in [0, 0.05) is 43.5 Å². The van der Waals surface area contributed by atoms with Crippen LogP contribution in [0.5, 0.6) is 0 Å². The minimum Gasteiger partial charge on any atom is -0.369 e. The Bertz CT molecular complexity index is 487. The molecule has 2 fully saturated rings. The summed E-state index contributed by atoms with van der Waals surface area (Å²) in [6.07, 6.45) is 2.41. The largest absolute Gasteiger partial charge is 0.369 e. The van der Waals surface area contributed by atoms with E-state index in [0.717, 1.165) is 31.9 Å². The first-order valence-electron chi connectivity index (χ1n) is 7.98. The number of carbonyl (C=O) groups excluding carboxylic acids is 1. The van der Waals surface area contributed by atoms with Gasteiger partial charge in [0.05, 0.1) is 0 Å². The lowest BCUT2D eigenvalue weighted by atomic mass is 10.1. The lowest BCUT2D eigenvalue weighted by molar-refractivity contribution is -0.119. The first-order chi connectivity index (χ1) is 10.1. The van der Waals surface area contributed by atoms with Crippen LogP contribution in [0.15, 0.2) is 24.3 Å². The van der Waals surface area contributed by atoms with E-state index in [0.29, 0.717) is 5.92 Å². The van der Waals surface area contributed by atoms with Crippen molar-refractivity contribution in [2.75, 3.05) is 43.4 Å². The highest BCUT2D eigenvalue weighted by Gasteiger charge is 2.32. The van der Waals surface area contributed by atoms with Crippen molar-refractivity contribution in [1.82, 2.24) is 4.90 Å². The molecule has 1 atom stereocenters. The molecule has 1 unspecified atom stereocenters. The van der Waals surface area contributed by atoms with Gasteiger partial charge in [-0.15, -0.1) is 0 Å². The van der Waals surface area contributed by atoms with Crippen LogP contribution in [0, 0.1) is 11.8 Å². The van der Waals surface area contributed by atoms with Crippen LogP contribution in [0.1, 0.15) is 19.8 Å². The first-order valence-corrected chi connectivity index (χ1v) is 7.98. The van der Waals surface area contributed by atoms with Crippen molar-refractivity contribution in [3.05, 3.63) is 24.3 Å². The third-order valence-corrected chi connectivity index (χ3v) is 4.75. The second-order valence-corrected chi connectivity index (χ2v) is 6.45. The summed E-state index contributed by atoms with van der Waals surface area (Å²) in [4.78, 5) is 16.8. The number of rotatable bonds is 4. The molecule has 1 N–H and O–H groups in total. The Morgan fingerprint density at radius 2 is 1.76 bits per heavy atom. The molecule has 4 nitrogen and oxygen atoms in total. The molecule has 1 aliphatic heterocycles. The van der Waals surface area contributed by atoms with Crippen molar-refractivity contribution in [3.63, 3.8) is 0 Å². The Balaban J connectivity index is 1.57. The van der Waals surface area contributed by atoms with Gasteiger partial charge >= 0.3 is 0 Å². The quantitative estimate of drug-likeness (QED) is 0.924. The minimum absolute atomic E-state index is 0.141. The zero-order chi connectivity index (χ0) is 14.8. The molecule has 0 radical (unpaired) electrons. The van der Waals surface area contributed by atoms with Crippen molar-refractivity contribution < 1.29 is 4.79 Å². The number of nitrogens with one attached hydrogen (secondary N) is 1. The summed E-state index contributed by atoms with van der Waals surface area (Å²) >= 11 is 0. The summed E-state index contributed by atoms with van der Waals surface area (Å²) in [6.45, 7) is 6.39. The molecule has 21 heavy (non-hydrogen) atoms. The highest BCUT2D eigenvalue weighted by Crippen LogP contribution is 2.37. The SMILES string of the molecule is CC(C(=O)Nc1ccc(N2CCN(C)CC2)cc1)C1CC1. The van der Waals surface area contributed by atoms with Gasteiger partial charge in [-0.1, -0.05) is 6.92 Å². The number of likely N-dealkylation sites (N-methyl/N-ethyl adjacent to an activating group) is 1. The molecule has 2 aliphatic rings. The highest BCUT2D eigenvalue weighted by atomic mass is 16.1. The molecule has 1 aromatic carbocycles. The Morgan fingerprint density at radius 1 is 1.14 bits per heavy atom. The molecule has 3 rings (SSSR count). The molecule has 0 aromatic heterocycles. The topological polar surface area (TPSA) is 35.6 Å². The number of carbonyl (C=O) groups is 1. The Labute approximate surface area is 127 Å². The summed E-state index contributed by atoms with van der Waals surface area (Å²) in [6, 6.07) is 8.27. The van der Waals surface area contributed by atoms with Crippen LogP contribution >= 0.6 is 0 Å². The Hall–Kier alpha value is -1.55. The van der Waals surface area contributed by atoms with Gasteiger partial charge < -0.3 is 15.1 Å². The van der Waals surface area contributed by atoms with Gasteiger partial charge in [0.2, 0.25) is 5.91 Å². The number of benzene rings is 1. The first kappa shape index (κ1) is 14.4. The fraction of sp³-hybridized carbons (Fsp3) is 0.588. The number of hydrogen-bond acceptors (Lipinski definition) is 3. The number of anilines is 2. The normalized spacial score (nSPS) is 21.1. The van der Waals surface area contributed by atoms with E-state index in [1.807, 2.05) is 19.1 Å². The smallest absolute Gasteiger partial charge is 0.227 e. The van der Waals surface area contributed by atoms with E-state index >= 15 is 0 Å². The molecule has 114 valence electrons. The van der Waals surface area contributed by atoms with Crippen LogP contribution in [0.25, 0.3) is 0 Å². The molecular formula is C17H25N3O. The summed E-state index contributed by atoms with van der Waals surface area (Å²) in [5, 5.41) is 3.03. The average molecular weight is 287 g/mol. The van der Waals surface area contributed by atoms with E-state index in [4.69, 9.17) is 0 Å². The van der Waals surface area contributed by atoms with Crippen LogP contribution in [-0.2, 0) is 4.79 Å². The summed E-state index contributed by atoms with van der Waals surface area (Å²) < 4.78 is 0. The molecule has 4 heteroatoms. The standard InChI is InChI=1S/C17H25N3O/c1-13(14-3-4-14)17(21)18-15-5-7-16(8-6-15)20-11-9-19(2)10-12-20/h5-8,13-14H,3-4,9-12H2,1-2H3,(H,18,21). The number of piperazine rings is 1. The lowest BCUT2D eigenvalue weighted by Crippen LogP contribution is -2.44. The molecule has 0 spiro atoms. The summed E-state index contributed by atoms with van der Waals surface area (Å²) in [5.74, 6) is 0.904. The van der Waals surface area contributed by atoms with E-state index in [2.05, 4.69) is 34.3 Å². The Kier molecular flexibility index (Phi) is 4.15. The number of nitrogens with zero attached hydrogens (tertiary/aromatic N) is 2. The van der Waals surface area contributed by atoms with Crippen LogP contribution in [0.4, 0.5) is 11.4 Å². The third-order valence-electron chi connectivity index (χ3n) is 4.75. The van der Waals surface area contributed by atoms with Crippen molar-refractivity contribution in [3.8, 4) is 0 Å². The molecule has 1 aliphatic carbocycles. The van der Waals surface area contributed by atoms with Crippen LogP contribution in [0.2, 0.25) is 0 Å². The van der Waals surface area contributed by atoms with Crippen molar-refractivity contribution in [2.24, 2.45) is 11.8 Å². The predicted molar refractivity (Wildman–Crippen MR) is 86.7 cm³/mol. The van der Waals surface area contributed by atoms with Crippen LogP contribution in [-0.4, -0.2) is 44.0 Å².